The lowest BCUT2D eigenvalue weighted by atomic mass is 10.2. The summed E-state index contributed by atoms with van der Waals surface area (Å²) in [5.74, 6) is -1.68. The number of amides is 1. The average molecular weight is 484 g/mol. The Balaban J connectivity index is 1.57. The molecule has 0 N–H and O–H groups in total. The van der Waals surface area contributed by atoms with E-state index in [0.29, 0.717) is 4.68 Å². The van der Waals surface area contributed by atoms with E-state index in [1.54, 1.807) is 0 Å². The van der Waals surface area contributed by atoms with Gasteiger partial charge in [-0.3, -0.25) is 9.78 Å². The minimum absolute atomic E-state index is 0.0219. The monoisotopic (exact) mass is 484 g/mol. The highest BCUT2D eigenvalue weighted by Crippen LogP contribution is 2.33. The molecule has 2 aromatic heterocycles. The number of carbonyl (C=O) groups excluding carboxylic acids is 1. The molecule has 0 radical (unpaired) electrons. The summed E-state index contributed by atoms with van der Waals surface area (Å²) in [5, 5.41) is 6.90. The molecular formula is C19H16F4N6O3S. The zero-order valence-corrected chi connectivity index (χ0v) is 17.6. The first-order valence-electron chi connectivity index (χ1n) is 9.57. The summed E-state index contributed by atoms with van der Waals surface area (Å²) >= 11 is 0. The van der Waals surface area contributed by atoms with Crippen LogP contribution in [0.5, 0.6) is 0 Å². The van der Waals surface area contributed by atoms with Crippen LogP contribution in [0.15, 0.2) is 53.7 Å². The molecule has 1 aliphatic heterocycles. The van der Waals surface area contributed by atoms with Crippen molar-refractivity contribution in [3.05, 3.63) is 66.0 Å². The number of nitrogens with zero attached hydrogens (tertiary/aromatic N) is 6. The van der Waals surface area contributed by atoms with Crippen LogP contribution in [-0.4, -0.2) is 69.7 Å². The maximum Gasteiger partial charge on any atom is 0.435 e. The second kappa shape index (κ2) is 8.51. The number of hydrogen-bond donors (Lipinski definition) is 0. The third-order valence-corrected chi connectivity index (χ3v) is 6.89. The number of benzene rings is 1. The molecule has 174 valence electrons. The molecule has 3 aromatic rings. The fourth-order valence-corrected chi connectivity index (χ4v) is 4.76. The summed E-state index contributed by atoms with van der Waals surface area (Å²) in [6.07, 6.45) is -2.36. The van der Waals surface area contributed by atoms with Crippen LogP contribution in [0, 0.1) is 5.82 Å². The van der Waals surface area contributed by atoms with Crippen LogP contribution < -0.4 is 0 Å². The van der Waals surface area contributed by atoms with E-state index in [0.717, 1.165) is 33.5 Å². The number of carbonyl (C=O) groups is 1. The van der Waals surface area contributed by atoms with Crippen LogP contribution in [0.4, 0.5) is 17.6 Å². The molecule has 33 heavy (non-hydrogen) atoms. The molecule has 0 atom stereocenters. The van der Waals surface area contributed by atoms with Crippen LogP contribution in [0.25, 0.3) is 5.69 Å². The van der Waals surface area contributed by atoms with E-state index in [1.165, 1.54) is 24.5 Å². The smallest absolute Gasteiger partial charge is 0.335 e. The quantitative estimate of drug-likeness (QED) is 0.525. The Morgan fingerprint density at radius 1 is 1.00 bits per heavy atom. The molecular weight excluding hydrogens is 468 g/mol. The molecule has 0 saturated carbocycles. The maximum absolute atomic E-state index is 13.8. The maximum atomic E-state index is 13.8. The predicted octanol–water partition coefficient (Wildman–Crippen LogP) is 1.97. The first kappa shape index (κ1) is 22.8. The first-order valence-corrected chi connectivity index (χ1v) is 11.0. The Bertz CT molecular complexity index is 1250. The highest BCUT2D eigenvalue weighted by atomic mass is 32.2. The van der Waals surface area contributed by atoms with Crippen molar-refractivity contribution in [1.82, 2.24) is 29.2 Å². The van der Waals surface area contributed by atoms with Gasteiger partial charge in [0.25, 0.3) is 5.91 Å². The molecule has 0 aliphatic carbocycles. The van der Waals surface area contributed by atoms with E-state index in [2.05, 4.69) is 15.3 Å². The van der Waals surface area contributed by atoms with Crippen LogP contribution in [0.3, 0.4) is 0 Å². The summed E-state index contributed by atoms with van der Waals surface area (Å²) in [6.45, 7) is -0.509. The number of alkyl halides is 3. The van der Waals surface area contributed by atoms with E-state index < -0.39 is 39.3 Å². The van der Waals surface area contributed by atoms with E-state index in [1.807, 2.05) is 0 Å². The zero-order chi connectivity index (χ0) is 23.8. The lowest BCUT2D eigenvalue weighted by Crippen LogP contribution is -2.50. The second-order valence-electron chi connectivity index (χ2n) is 7.06. The Labute approximate surface area is 185 Å². The summed E-state index contributed by atoms with van der Waals surface area (Å²) in [5.41, 5.74) is -2.44. The number of piperazine rings is 1. The first-order chi connectivity index (χ1) is 15.6. The van der Waals surface area contributed by atoms with E-state index in [9.17, 15) is 30.8 Å². The molecule has 1 aliphatic rings. The van der Waals surface area contributed by atoms with Crippen molar-refractivity contribution in [2.45, 2.75) is 11.1 Å². The van der Waals surface area contributed by atoms with Crippen LogP contribution in [0.2, 0.25) is 0 Å². The summed E-state index contributed by atoms with van der Waals surface area (Å²) in [4.78, 5) is 17.7. The molecule has 1 aromatic carbocycles. The van der Waals surface area contributed by atoms with Gasteiger partial charge in [-0.05, 0) is 36.4 Å². The summed E-state index contributed by atoms with van der Waals surface area (Å²) in [7, 11) is -3.85. The molecule has 1 amide bonds. The topological polar surface area (TPSA) is 101 Å². The van der Waals surface area contributed by atoms with E-state index in [-0.39, 0.29) is 36.8 Å². The third kappa shape index (κ3) is 4.43. The van der Waals surface area contributed by atoms with Crippen LogP contribution in [-0.2, 0) is 16.2 Å². The summed E-state index contributed by atoms with van der Waals surface area (Å²) < 4.78 is 81.5. The number of pyridine rings is 1. The number of aromatic nitrogens is 4. The van der Waals surface area contributed by atoms with Crippen molar-refractivity contribution in [2.24, 2.45) is 0 Å². The van der Waals surface area contributed by atoms with Crippen molar-refractivity contribution in [3.8, 4) is 5.69 Å². The van der Waals surface area contributed by atoms with Gasteiger partial charge in [0.05, 0.1) is 5.69 Å². The highest BCUT2D eigenvalue weighted by molar-refractivity contribution is 7.89. The van der Waals surface area contributed by atoms with Crippen molar-refractivity contribution in [1.29, 1.82) is 0 Å². The SMILES string of the molecule is O=C(c1nnn(-c2ccc(F)cc2)c1C(F)(F)F)N1CCN(S(=O)(=O)c2cccnc2)CC1. The van der Waals surface area contributed by atoms with Crippen molar-refractivity contribution >= 4 is 15.9 Å². The molecule has 0 bridgehead atoms. The molecule has 1 saturated heterocycles. The molecule has 14 heteroatoms. The molecule has 0 spiro atoms. The van der Waals surface area contributed by atoms with Crippen LogP contribution in [0.1, 0.15) is 16.2 Å². The van der Waals surface area contributed by atoms with Gasteiger partial charge >= 0.3 is 6.18 Å². The van der Waals surface area contributed by atoms with E-state index >= 15 is 0 Å². The van der Waals surface area contributed by atoms with Crippen molar-refractivity contribution in [2.75, 3.05) is 26.2 Å². The van der Waals surface area contributed by atoms with Gasteiger partial charge in [0, 0.05) is 38.6 Å². The van der Waals surface area contributed by atoms with Gasteiger partial charge in [-0.25, -0.2) is 17.5 Å². The molecule has 4 rings (SSSR count). The number of sulfonamides is 1. The number of halogens is 4. The molecule has 1 fully saturated rings. The number of hydrogen-bond acceptors (Lipinski definition) is 6. The van der Waals surface area contributed by atoms with Gasteiger partial charge in [0.15, 0.2) is 11.4 Å². The van der Waals surface area contributed by atoms with Crippen LogP contribution >= 0.6 is 0 Å². The molecule has 9 nitrogen and oxygen atoms in total. The van der Waals surface area contributed by atoms with Gasteiger partial charge in [-0.2, -0.15) is 17.5 Å². The minimum Gasteiger partial charge on any atom is -0.335 e. The molecule has 0 unspecified atom stereocenters. The van der Waals surface area contributed by atoms with Gasteiger partial charge in [0.2, 0.25) is 10.0 Å². The zero-order valence-electron chi connectivity index (χ0n) is 16.8. The fourth-order valence-electron chi connectivity index (χ4n) is 3.37. The van der Waals surface area contributed by atoms with Crippen molar-refractivity contribution < 1.29 is 30.8 Å². The second-order valence-corrected chi connectivity index (χ2v) is 9.00. The normalized spacial score (nSPS) is 15.6. The minimum atomic E-state index is -4.98. The van der Waals surface area contributed by atoms with Gasteiger partial charge in [-0.15, -0.1) is 5.10 Å². The lowest BCUT2D eigenvalue weighted by Gasteiger charge is -2.33. The van der Waals surface area contributed by atoms with Gasteiger partial charge in [-0.1, -0.05) is 5.21 Å². The standard InChI is InChI=1S/C19H16F4N6O3S/c20-13-3-5-14(6-4-13)29-17(19(21,22)23)16(25-26-29)18(30)27-8-10-28(11-9-27)33(31,32)15-2-1-7-24-12-15/h1-7,12H,8-11H2. The number of rotatable bonds is 4. The predicted molar refractivity (Wildman–Crippen MR) is 105 cm³/mol. The largest absolute Gasteiger partial charge is 0.435 e. The Kier molecular flexibility index (Phi) is 5.88. The lowest BCUT2D eigenvalue weighted by molar-refractivity contribution is -0.143. The average Bonchev–Trinajstić information content (AvgIpc) is 3.26. The highest BCUT2D eigenvalue weighted by Gasteiger charge is 2.43. The Morgan fingerprint density at radius 2 is 1.67 bits per heavy atom. The Morgan fingerprint density at radius 3 is 2.24 bits per heavy atom. The third-order valence-electron chi connectivity index (χ3n) is 5.01. The fraction of sp³-hybridized carbons (Fsp3) is 0.263. The van der Waals surface area contributed by atoms with Gasteiger partial charge in [0.1, 0.15) is 10.7 Å². The Hall–Kier alpha value is -3.39. The summed E-state index contributed by atoms with van der Waals surface area (Å²) in [6, 6.07) is 6.92. The molecule has 3 heterocycles. The van der Waals surface area contributed by atoms with Crippen molar-refractivity contribution in [3.63, 3.8) is 0 Å². The van der Waals surface area contributed by atoms with E-state index in [4.69, 9.17) is 0 Å². The van der Waals surface area contributed by atoms with Gasteiger partial charge < -0.3 is 4.90 Å².